The Hall–Kier alpha value is -2.78. The fourth-order valence-corrected chi connectivity index (χ4v) is 5.86. The molecule has 3 heterocycles. The minimum Gasteiger partial charge on any atom is -0.352 e. The average Bonchev–Trinajstić information content (AvgIpc) is 3.41. The van der Waals surface area contributed by atoms with Crippen LogP contribution in [0.5, 0.6) is 0 Å². The molecule has 3 atom stereocenters. The molecule has 0 radical (unpaired) electrons. The normalized spacial score (nSPS) is 20.9. The number of thiazole rings is 1. The van der Waals surface area contributed by atoms with Crippen molar-refractivity contribution in [2.24, 2.45) is 11.7 Å². The summed E-state index contributed by atoms with van der Waals surface area (Å²) in [6.45, 7) is 4.16. The Balaban J connectivity index is 1.66. The number of aryl methyl sites for hydroxylation is 1. The summed E-state index contributed by atoms with van der Waals surface area (Å²) in [6.07, 6.45) is 5.34. The fourth-order valence-electron chi connectivity index (χ4n) is 5.31. The summed E-state index contributed by atoms with van der Waals surface area (Å²) in [5, 5.41) is 8.69. The first-order chi connectivity index (χ1) is 16.4. The van der Waals surface area contributed by atoms with Crippen molar-refractivity contribution in [3.63, 3.8) is 0 Å². The van der Waals surface area contributed by atoms with E-state index < -0.39 is 5.54 Å². The van der Waals surface area contributed by atoms with Gasteiger partial charge >= 0.3 is 0 Å². The topological polar surface area (TPSA) is 117 Å². The smallest absolute Gasteiger partial charge is 0.247 e. The number of anilines is 1. The maximum absolute atomic E-state index is 13.9. The summed E-state index contributed by atoms with van der Waals surface area (Å²) in [5.41, 5.74) is 8.01. The van der Waals surface area contributed by atoms with Gasteiger partial charge in [0.1, 0.15) is 10.5 Å². The van der Waals surface area contributed by atoms with E-state index in [1.165, 1.54) is 18.3 Å². The van der Waals surface area contributed by atoms with Crippen LogP contribution < -0.4 is 21.3 Å². The number of carbonyl (C=O) groups excluding carboxylic acids is 3. The largest absolute Gasteiger partial charge is 0.352 e. The molecule has 182 valence electrons. The Kier molecular flexibility index (Phi) is 7.33. The first-order valence-corrected chi connectivity index (χ1v) is 12.8. The number of nitrogens with zero attached hydrogens (tertiary/aromatic N) is 2. The lowest BCUT2D eigenvalue weighted by Crippen LogP contribution is -2.60. The predicted molar refractivity (Wildman–Crippen MR) is 132 cm³/mol. The molecule has 3 amide bonds. The van der Waals surface area contributed by atoms with Crippen LogP contribution >= 0.6 is 11.3 Å². The van der Waals surface area contributed by atoms with E-state index in [1.807, 2.05) is 24.4 Å². The average molecular weight is 484 g/mol. The Morgan fingerprint density at radius 3 is 2.79 bits per heavy atom. The molecule has 9 heteroatoms. The highest BCUT2D eigenvalue weighted by atomic mass is 32.1. The number of hydrogen-bond acceptors (Lipinski definition) is 6. The summed E-state index contributed by atoms with van der Waals surface area (Å²) in [5.74, 6) is -0.240. The molecule has 2 aliphatic rings. The molecule has 0 spiro atoms. The number of rotatable bonds is 9. The monoisotopic (exact) mass is 483 g/mol. The van der Waals surface area contributed by atoms with Crippen LogP contribution in [0.15, 0.2) is 29.8 Å². The molecule has 34 heavy (non-hydrogen) atoms. The molecule has 0 bridgehead atoms. The molecular formula is C25H33N5O3S. The first-order valence-electron chi connectivity index (χ1n) is 11.9. The quantitative estimate of drug-likeness (QED) is 0.506. The van der Waals surface area contributed by atoms with Crippen LogP contribution in [0.2, 0.25) is 0 Å². The van der Waals surface area contributed by atoms with E-state index in [2.05, 4.69) is 21.7 Å². The van der Waals surface area contributed by atoms with Crippen molar-refractivity contribution in [3.05, 3.63) is 45.9 Å². The number of carbonyl (C=O) groups is 3. The van der Waals surface area contributed by atoms with Gasteiger partial charge < -0.3 is 16.4 Å². The van der Waals surface area contributed by atoms with Crippen molar-refractivity contribution < 1.29 is 14.4 Å². The Morgan fingerprint density at radius 1 is 1.29 bits per heavy atom. The number of nitrogens with two attached hydrogens (primary N) is 1. The van der Waals surface area contributed by atoms with Gasteiger partial charge in [0, 0.05) is 43.9 Å². The van der Waals surface area contributed by atoms with Gasteiger partial charge in [-0.25, -0.2) is 4.98 Å². The van der Waals surface area contributed by atoms with E-state index in [0.29, 0.717) is 38.8 Å². The fraction of sp³-hybridized carbons (Fsp3) is 0.520. The van der Waals surface area contributed by atoms with E-state index >= 15 is 0 Å². The molecule has 0 aliphatic carbocycles. The minimum absolute atomic E-state index is 0.00186. The van der Waals surface area contributed by atoms with E-state index in [-0.39, 0.29) is 29.7 Å². The predicted octanol–water partition coefficient (Wildman–Crippen LogP) is 2.30. The molecular weight excluding hydrogens is 450 g/mol. The third-order valence-corrected chi connectivity index (χ3v) is 7.85. The van der Waals surface area contributed by atoms with Gasteiger partial charge in [-0.2, -0.15) is 0 Å². The van der Waals surface area contributed by atoms with Crippen molar-refractivity contribution in [3.8, 4) is 0 Å². The molecule has 2 aliphatic heterocycles. The van der Waals surface area contributed by atoms with Crippen LogP contribution in [0.3, 0.4) is 0 Å². The number of aromatic nitrogens is 1. The molecule has 1 unspecified atom stereocenters. The number of amides is 3. The van der Waals surface area contributed by atoms with Crippen molar-refractivity contribution in [1.82, 2.24) is 15.6 Å². The molecule has 1 aromatic heterocycles. The van der Waals surface area contributed by atoms with Crippen LogP contribution in [-0.4, -0.2) is 40.8 Å². The number of para-hydroxylation sites is 1. The Labute approximate surface area is 204 Å². The van der Waals surface area contributed by atoms with E-state index in [9.17, 15) is 14.4 Å². The summed E-state index contributed by atoms with van der Waals surface area (Å²) in [7, 11) is 0. The van der Waals surface area contributed by atoms with Crippen molar-refractivity contribution >= 4 is 34.7 Å². The Morgan fingerprint density at radius 2 is 2.09 bits per heavy atom. The van der Waals surface area contributed by atoms with Gasteiger partial charge in [-0.15, -0.1) is 11.3 Å². The second-order valence-electron chi connectivity index (χ2n) is 9.38. The highest BCUT2D eigenvalue weighted by molar-refractivity contribution is 7.09. The van der Waals surface area contributed by atoms with Crippen LogP contribution in [0, 0.1) is 5.92 Å². The second kappa shape index (κ2) is 10.2. The first kappa shape index (κ1) is 24.3. The molecule has 0 saturated heterocycles. The van der Waals surface area contributed by atoms with Crippen LogP contribution in [0.1, 0.15) is 55.7 Å². The maximum atomic E-state index is 13.9. The van der Waals surface area contributed by atoms with Gasteiger partial charge in [-0.05, 0) is 42.7 Å². The van der Waals surface area contributed by atoms with Crippen molar-refractivity contribution in [2.75, 3.05) is 11.4 Å². The zero-order valence-corrected chi connectivity index (χ0v) is 20.6. The highest BCUT2D eigenvalue weighted by Gasteiger charge is 2.53. The van der Waals surface area contributed by atoms with Gasteiger partial charge in [0.2, 0.25) is 17.7 Å². The summed E-state index contributed by atoms with van der Waals surface area (Å²) in [4.78, 5) is 45.0. The maximum Gasteiger partial charge on any atom is 0.247 e. The summed E-state index contributed by atoms with van der Waals surface area (Å²) in [6, 6.07) is 5.93. The SMILES string of the molecule is CC(=O)N[C@H](CN)[C@@H](C)CCC1(C(=O)NCc2nccs2)Cc2cccc3c2N1C(=O)CCC3. The zero-order chi connectivity index (χ0) is 24.3. The number of benzene rings is 1. The zero-order valence-electron chi connectivity index (χ0n) is 19.8. The molecule has 2 aromatic rings. The van der Waals surface area contributed by atoms with Gasteiger partial charge in [-0.3, -0.25) is 19.3 Å². The van der Waals surface area contributed by atoms with E-state index in [4.69, 9.17) is 5.73 Å². The molecule has 0 fully saturated rings. The lowest BCUT2D eigenvalue weighted by molar-refractivity contribution is -0.130. The third-order valence-electron chi connectivity index (χ3n) is 7.07. The van der Waals surface area contributed by atoms with Gasteiger partial charge in [0.25, 0.3) is 0 Å². The van der Waals surface area contributed by atoms with Gasteiger partial charge in [-0.1, -0.05) is 25.1 Å². The lowest BCUT2D eigenvalue weighted by atomic mass is 9.83. The van der Waals surface area contributed by atoms with Crippen LogP contribution in [-0.2, 0) is 33.8 Å². The van der Waals surface area contributed by atoms with Gasteiger partial charge in [0.15, 0.2) is 0 Å². The van der Waals surface area contributed by atoms with E-state index in [1.54, 1.807) is 11.1 Å². The van der Waals surface area contributed by atoms with Crippen LogP contribution in [0.4, 0.5) is 5.69 Å². The molecule has 4 rings (SSSR count). The molecule has 1 aromatic carbocycles. The minimum atomic E-state index is -1.01. The van der Waals surface area contributed by atoms with E-state index in [0.717, 1.165) is 34.7 Å². The van der Waals surface area contributed by atoms with Crippen molar-refractivity contribution in [1.29, 1.82) is 0 Å². The van der Waals surface area contributed by atoms with Gasteiger partial charge in [0.05, 0.1) is 12.2 Å². The summed E-state index contributed by atoms with van der Waals surface area (Å²) < 4.78 is 0. The van der Waals surface area contributed by atoms with Crippen molar-refractivity contribution in [2.45, 2.75) is 70.5 Å². The summed E-state index contributed by atoms with van der Waals surface area (Å²) >= 11 is 1.49. The molecule has 8 nitrogen and oxygen atoms in total. The molecule has 4 N–H and O–H groups in total. The number of hydrogen-bond donors (Lipinski definition) is 3. The Bertz CT molecular complexity index is 1060. The third kappa shape index (κ3) is 4.72. The standard InChI is InChI=1S/C25H33N5O3S/c1-16(20(14-26)29-17(2)31)9-10-25(24(33)28-15-21-27-11-12-34-21)13-19-7-3-5-18-6-4-8-22(32)30(25)23(18)19/h3,5,7,11-12,16,20H,4,6,8-10,13-15,26H2,1-2H3,(H,28,33)(H,29,31)/t16-,20+,25?/m0/s1. The lowest BCUT2D eigenvalue weighted by Gasteiger charge is -2.39. The molecule has 0 saturated carbocycles. The van der Waals surface area contributed by atoms with Crippen LogP contribution in [0.25, 0.3) is 0 Å². The highest BCUT2D eigenvalue weighted by Crippen LogP contribution is 2.46. The second-order valence-corrected chi connectivity index (χ2v) is 10.4. The number of nitrogens with one attached hydrogen (secondary N) is 2.